The van der Waals surface area contributed by atoms with Gasteiger partial charge < -0.3 is 9.47 Å². The van der Waals surface area contributed by atoms with Gasteiger partial charge in [0.05, 0.1) is 39.5 Å². The third kappa shape index (κ3) is 5.02. The van der Waals surface area contributed by atoms with E-state index in [1.807, 2.05) is 0 Å². The second kappa shape index (κ2) is 10.7. The van der Waals surface area contributed by atoms with Crippen LogP contribution in [-0.2, 0) is 4.74 Å². The van der Waals surface area contributed by atoms with E-state index in [1.165, 1.54) is 43.5 Å². The molecule has 0 spiro atoms. The summed E-state index contributed by atoms with van der Waals surface area (Å²) in [5.41, 5.74) is 1.51. The summed E-state index contributed by atoms with van der Waals surface area (Å²) in [7, 11) is 1.52. The van der Waals surface area contributed by atoms with Crippen LogP contribution < -0.4 is 9.64 Å². The maximum absolute atomic E-state index is 13.3. The topological polar surface area (TPSA) is 90.0 Å². The van der Waals surface area contributed by atoms with Crippen molar-refractivity contribution in [1.82, 2.24) is 0 Å². The molecule has 1 heterocycles. The number of halogens is 2. The minimum Gasteiger partial charge on any atom is -0.497 e. The largest absolute Gasteiger partial charge is 0.497 e. The maximum atomic E-state index is 13.3. The predicted octanol–water partition coefficient (Wildman–Crippen LogP) is 6.58. The summed E-state index contributed by atoms with van der Waals surface area (Å²) in [5, 5.41) is 0.322. The molecule has 1 aliphatic rings. The number of amides is 2. The average Bonchev–Trinajstić information content (AvgIpc) is 3.20. The van der Waals surface area contributed by atoms with Crippen LogP contribution in [0.3, 0.4) is 0 Å². The van der Waals surface area contributed by atoms with Gasteiger partial charge in [0.15, 0.2) is 6.10 Å². The van der Waals surface area contributed by atoms with Crippen LogP contribution in [0.2, 0.25) is 10.0 Å². The first-order valence-electron chi connectivity index (χ1n) is 11.7. The molecule has 7 nitrogen and oxygen atoms in total. The number of carbonyl (C=O) groups is 4. The van der Waals surface area contributed by atoms with Gasteiger partial charge in [0.25, 0.3) is 11.8 Å². The molecule has 1 atom stereocenters. The third-order valence-corrected chi connectivity index (χ3v) is 6.95. The molecule has 0 unspecified atom stereocenters. The minimum absolute atomic E-state index is 0.130. The minimum atomic E-state index is -1.20. The van der Waals surface area contributed by atoms with E-state index in [1.54, 1.807) is 54.6 Å². The molecule has 194 valence electrons. The van der Waals surface area contributed by atoms with Crippen molar-refractivity contribution >= 4 is 52.5 Å². The van der Waals surface area contributed by atoms with Crippen LogP contribution >= 0.6 is 23.2 Å². The smallest absolute Gasteiger partial charge is 0.339 e. The number of rotatable bonds is 7. The molecule has 5 rings (SSSR count). The lowest BCUT2D eigenvalue weighted by atomic mass is 9.99. The van der Waals surface area contributed by atoms with E-state index < -0.39 is 29.7 Å². The van der Waals surface area contributed by atoms with Crippen molar-refractivity contribution in [2.45, 2.75) is 6.10 Å². The van der Waals surface area contributed by atoms with E-state index in [2.05, 4.69) is 0 Å². The van der Waals surface area contributed by atoms with Crippen LogP contribution in [0.4, 0.5) is 5.69 Å². The Bertz CT molecular complexity index is 1560. The highest BCUT2D eigenvalue weighted by Crippen LogP contribution is 2.34. The number of methoxy groups -OCH3 is 1. The number of ether oxygens (including phenoxy) is 2. The Labute approximate surface area is 233 Å². The fourth-order valence-electron chi connectivity index (χ4n) is 4.20. The molecule has 0 aliphatic carbocycles. The van der Waals surface area contributed by atoms with Gasteiger partial charge in [-0.15, -0.1) is 0 Å². The first kappa shape index (κ1) is 26.2. The van der Waals surface area contributed by atoms with E-state index in [4.69, 9.17) is 32.7 Å². The lowest BCUT2D eigenvalue weighted by molar-refractivity contribution is 0.0280. The second-order valence-corrected chi connectivity index (χ2v) is 9.41. The maximum Gasteiger partial charge on any atom is 0.339 e. The molecule has 0 radical (unpaired) electrons. The van der Waals surface area contributed by atoms with E-state index in [-0.39, 0.29) is 32.4 Å². The van der Waals surface area contributed by atoms with E-state index in [0.717, 1.165) is 4.90 Å². The van der Waals surface area contributed by atoms with Gasteiger partial charge in [-0.2, -0.15) is 0 Å². The third-order valence-electron chi connectivity index (χ3n) is 6.23. The van der Waals surface area contributed by atoms with E-state index in [9.17, 15) is 19.2 Å². The summed E-state index contributed by atoms with van der Waals surface area (Å²) in [5.74, 6) is -1.68. The Morgan fingerprint density at radius 2 is 1.28 bits per heavy atom. The molecule has 0 bridgehead atoms. The number of benzene rings is 4. The summed E-state index contributed by atoms with van der Waals surface area (Å²) >= 11 is 12.0. The lowest BCUT2D eigenvalue weighted by Crippen LogP contribution is -2.29. The molecule has 0 saturated carbocycles. The molecule has 0 N–H and O–H groups in total. The number of hydrogen-bond donors (Lipinski definition) is 0. The first-order valence-corrected chi connectivity index (χ1v) is 12.5. The van der Waals surface area contributed by atoms with Crippen molar-refractivity contribution in [2.75, 3.05) is 12.0 Å². The average molecular weight is 560 g/mol. The highest BCUT2D eigenvalue weighted by atomic mass is 35.5. The monoisotopic (exact) mass is 559 g/mol. The molecule has 0 saturated heterocycles. The van der Waals surface area contributed by atoms with Gasteiger partial charge >= 0.3 is 5.97 Å². The Morgan fingerprint density at radius 3 is 1.82 bits per heavy atom. The zero-order valence-corrected chi connectivity index (χ0v) is 21.9. The number of nitrogens with zero attached hydrogens (tertiary/aromatic N) is 1. The van der Waals surface area contributed by atoms with Crippen molar-refractivity contribution in [3.8, 4) is 5.75 Å². The van der Waals surface area contributed by atoms with Crippen LogP contribution in [0, 0.1) is 0 Å². The summed E-state index contributed by atoms with van der Waals surface area (Å²) < 4.78 is 10.8. The van der Waals surface area contributed by atoms with Gasteiger partial charge in [-0.25, -0.2) is 9.69 Å². The van der Waals surface area contributed by atoms with Crippen LogP contribution in [0.25, 0.3) is 0 Å². The Morgan fingerprint density at radius 1 is 0.744 bits per heavy atom. The number of esters is 1. The molecule has 4 aromatic carbocycles. The van der Waals surface area contributed by atoms with Gasteiger partial charge in [0, 0.05) is 11.1 Å². The van der Waals surface area contributed by atoms with Crippen LogP contribution in [-0.4, -0.2) is 30.7 Å². The Hall–Kier alpha value is -4.46. The number of carbonyl (C=O) groups excluding carboxylic acids is 4. The fraction of sp³-hybridized carbons (Fsp3) is 0.0667. The standard InChI is InChI=1S/C30H19Cl2NO6/c1-38-21-13-9-17(10-14-21)26(34)27(18-5-3-2-4-6-18)39-30(37)19-7-11-20(12-8-19)33-28(35)22-15-24(31)25(32)16-23(22)29(33)36/h2-16,27H,1H3/t27-/m0/s1. The molecule has 1 aliphatic heterocycles. The van der Waals surface area contributed by atoms with Crippen molar-refractivity contribution < 1.29 is 28.7 Å². The molecule has 0 aromatic heterocycles. The summed E-state index contributed by atoms with van der Waals surface area (Å²) in [6.45, 7) is 0. The van der Waals surface area contributed by atoms with Gasteiger partial charge in [-0.1, -0.05) is 53.5 Å². The predicted molar refractivity (Wildman–Crippen MR) is 146 cm³/mol. The number of imide groups is 1. The van der Waals surface area contributed by atoms with Crippen LogP contribution in [0.15, 0.2) is 91.0 Å². The van der Waals surface area contributed by atoms with Crippen LogP contribution in [0.5, 0.6) is 5.75 Å². The van der Waals surface area contributed by atoms with Crippen molar-refractivity contribution in [3.05, 3.63) is 129 Å². The molecular formula is C30H19Cl2NO6. The van der Waals surface area contributed by atoms with Gasteiger partial charge in [-0.3, -0.25) is 14.4 Å². The highest BCUT2D eigenvalue weighted by molar-refractivity contribution is 6.44. The van der Waals surface area contributed by atoms with Gasteiger partial charge in [-0.05, 0) is 60.7 Å². The Kier molecular flexibility index (Phi) is 7.19. The van der Waals surface area contributed by atoms with Gasteiger partial charge in [0.1, 0.15) is 5.75 Å². The number of anilines is 1. The number of ketones is 1. The molecule has 2 amide bonds. The SMILES string of the molecule is COc1ccc(C(=O)[C@@H](OC(=O)c2ccc(N3C(=O)c4cc(Cl)c(Cl)cc4C3=O)cc2)c2ccccc2)cc1. The number of Topliss-reactive ketones (excluding diaryl/α,β-unsaturated/α-hetero) is 1. The van der Waals surface area contributed by atoms with Crippen molar-refractivity contribution in [2.24, 2.45) is 0 Å². The van der Waals surface area contributed by atoms with E-state index >= 15 is 0 Å². The zero-order chi connectivity index (χ0) is 27.7. The van der Waals surface area contributed by atoms with E-state index in [0.29, 0.717) is 16.9 Å². The molecule has 9 heteroatoms. The summed E-state index contributed by atoms with van der Waals surface area (Å²) in [4.78, 5) is 53.3. The highest BCUT2D eigenvalue weighted by Gasteiger charge is 2.37. The molecule has 4 aromatic rings. The Balaban J connectivity index is 1.38. The lowest BCUT2D eigenvalue weighted by Gasteiger charge is -2.18. The number of fused-ring (bicyclic) bond motifs is 1. The van der Waals surface area contributed by atoms with Gasteiger partial charge in [0.2, 0.25) is 5.78 Å². The summed E-state index contributed by atoms with van der Waals surface area (Å²) in [6.07, 6.45) is -1.20. The normalized spacial score (nSPS) is 13.2. The quantitative estimate of drug-likeness (QED) is 0.144. The second-order valence-electron chi connectivity index (χ2n) is 8.59. The fourth-order valence-corrected chi connectivity index (χ4v) is 4.52. The first-order chi connectivity index (χ1) is 18.8. The molecule has 39 heavy (non-hydrogen) atoms. The zero-order valence-electron chi connectivity index (χ0n) is 20.4. The number of hydrogen-bond acceptors (Lipinski definition) is 6. The van der Waals surface area contributed by atoms with Crippen molar-refractivity contribution in [3.63, 3.8) is 0 Å². The summed E-state index contributed by atoms with van der Waals surface area (Å²) in [6, 6.07) is 23.6. The van der Waals surface area contributed by atoms with Crippen molar-refractivity contribution in [1.29, 1.82) is 0 Å². The molecule has 0 fully saturated rings. The van der Waals surface area contributed by atoms with Crippen LogP contribution in [0.1, 0.15) is 53.1 Å². The molecular weight excluding hydrogens is 541 g/mol.